The zero-order chi connectivity index (χ0) is 29.5. The second-order valence-electron chi connectivity index (χ2n) is 11.7. The predicted octanol–water partition coefficient (Wildman–Crippen LogP) is 11.5. The van der Waals surface area contributed by atoms with E-state index in [1.807, 2.05) is 18.2 Å². The second-order valence-corrected chi connectivity index (χ2v) is 11.7. The molecular formula is C42H24N2O. The third kappa shape index (κ3) is 3.52. The number of para-hydroxylation sites is 1. The molecule has 0 aliphatic heterocycles. The SMILES string of the molecule is c1ccc(-c2nc(-c3ccc4c(c3)c3ccccc3c3ccc5oc6ccccc6c5c34)nc3c2ccc2ccccc23)cc1. The number of hydrogen-bond donors (Lipinski definition) is 0. The van der Waals surface area contributed by atoms with E-state index in [4.69, 9.17) is 14.4 Å². The Balaban J connectivity index is 1.33. The fourth-order valence-corrected chi connectivity index (χ4v) is 7.21. The first-order valence-electron chi connectivity index (χ1n) is 15.3. The van der Waals surface area contributed by atoms with Gasteiger partial charge in [0.05, 0.1) is 11.2 Å². The van der Waals surface area contributed by atoms with E-state index < -0.39 is 0 Å². The van der Waals surface area contributed by atoms with Crippen LogP contribution in [0.3, 0.4) is 0 Å². The Bertz CT molecular complexity index is 2810. The molecular weight excluding hydrogens is 548 g/mol. The molecule has 0 fully saturated rings. The van der Waals surface area contributed by atoms with Crippen LogP contribution < -0.4 is 0 Å². The van der Waals surface area contributed by atoms with E-state index in [0.29, 0.717) is 0 Å². The van der Waals surface area contributed by atoms with Crippen molar-refractivity contribution in [3.8, 4) is 22.6 Å². The topological polar surface area (TPSA) is 38.9 Å². The molecule has 10 aromatic rings. The average molecular weight is 573 g/mol. The van der Waals surface area contributed by atoms with Crippen molar-refractivity contribution in [2.24, 2.45) is 0 Å². The molecule has 0 spiro atoms. The van der Waals surface area contributed by atoms with Gasteiger partial charge in [-0.1, -0.05) is 115 Å². The number of hydrogen-bond acceptors (Lipinski definition) is 3. The minimum Gasteiger partial charge on any atom is -0.456 e. The first-order valence-corrected chi connectivity index (χ1v) is 15.3. The first kappa shape index (κ1) is 24.4. The molecule has 0 unspecified atom stereocenters. The summed E-state index contributed by atoms with van der Waals surface area (Å²) in [6.45, 7) is 0. The highest BCUT2D eigenvalue weighted by atomic mass is 16.3. The molecule has 0 saturated carbocycles. The summed E-state index contributed by atoms with van der Waals surface area (Å²) in [4.78, 5) is 10.5. The van der Waals surface area contributed by atoms with E-state index in [0.717, 1.165) is 60.9 Å². The maximum absolute atomic E-state index is 6.33. The average Bonchev–Trinajstić information content (AvgIpc) is 3.50. The van der Waals surface area contributed by atoms with Crippen LogP contribution in [0.1, 0.15) is 0 Å². The summed E-state index contributed by atoms with van der Waals surface area (Å²) in [7, 11) is 0. The van der Waals surface area contributed by atoms with Gasteiger partial charge in [0.2, 0.25) is 0 Å². The van der Waals surface area contributed by atoms with Gasteiger partial charge in [0.15, 0.2) is 5.82 Å². The van der Waals surface area contributed by atoms with E-state index >= 15 is 0 Å². The Morgan fingerprint density at radius 2 is 1.04 bits per heavy atom. The van der Waals surface area contributed by atoms with Crippen LogP contribution in [0.5, 0.6) is 0 Å². The lowest BCUT2D eigenvalue weighted by atomic mass is 9.91. The van der Waals surface area contributed by atoms with Gasteiger partial charge in [-0.25, -0.2) is 9.97 Å². The lowest BCUT2D eigenvalue weighted by molar-refractivity contribution is 0.669. The molecule has 3 nitrogen and oxygen atoms in total. The number of rotatable bonds is 2. The maximum atomic E-state index is 6.33. The standard InChI is InChI=1S/C42H24N2O/c1-2-11-26(12-3-1)40-34-21-18-25-10-4-5-13-28(25)41(34)44-42(43-40)27-19-20-32-35(24-27)30-15-7-6-14-29(30)31-22-23-37-39(38(31)32)33-16-8-9-17-36(33)45-37/h1-24H. The molecule has 0 aliphatic carbocycles. The largest absolute Gasteiger partial charge is 0.456 e. The molecule has 45 heavy (non-hydrogen) atoms. The van der Waals surface area contributed by atoms with Crippen molar-refractivity contribution in [2.75, 3.05) is 0 Å². The zero-order valence-corrected chi connectivity index (χ0v) is 24.2. The number of fused-ring (bicyclic) bond motifs is 13. The van der Waals surface area contributed by atoms with Crippen molar-refractivity contribution in [2.45, 2.75) is 0 Å². The van der Waals surface area contributed by atoms with Crippen LogP contribution in [0.15, 0.2) is 150 Å². The molecule has 0 bridgehead atoms. The number of nitrogens with zero attached hydrogens (tertiary/aromatic N) is 2. The molecule has 0 aliphatic rings. The fourth-order valence-electron chi connectivity index (χ4n) is 7.21. The van der Waals surface area contributed by atoms with Crippen molar-refractivity contribution in [1.29, 1.82) is 0 Å². The highest BCUT2D eigenvalue weighted by Crippen LogP contribution is 2.43. The minimum absolute atomic E-state index is 0.718. The first-order chi connectivity index (χ1) is 22.3. The number of aromatic nitrogens is 2. The van der Waals surface area contributed by atoms with Crippen LogP contribution in [-0.2, 0) is 0 Å². The Kier molecular flexibility index (Phi) is 5.00. The molecule has 3 heteroatoms. The zero-order valence-electron chi connectivity index (χ0n) is 24.2. The predicted molar refractivity (Wildman–Crippen MR) is 188 cm³/mol. The van der Waals surface area contributed by atoms with E-state index in [1.165, 1.54) is 37.7 Å². The fraction of sp³-hybridized carbons (Fsp3) is 0. The van der Waals surface area contributed by atoms with Crippen molar-refractivity contribution >= 4 is 75.9 Å². The van der Waals surface area contributed by atoms with Gasteiger partial charge in [0.1, 0.15) is 11.2 Å². The summed E-state index contributed by atoms with van der Waals surface area (Å²) in [6, 6.07) is 51.3. The normalized spacial score (nSPS) is 12.0. The lowest BCUT2D eigenvalue weighted by Gasteiger charge is -2.14. The van der Waals surface area contributed by atoms with Crippen molar-refractivity contribution in [3.05, 3.63) is 146 Å². The highest BCUT2D eigenvalue weighted by Gasteiger charge is 2.18. The summed E-state index contributed by atoms with van der Waals surface area (Å²) in [6.07, 6.45) is 0. The van der Waals surface area contributed by atoms with Gasteiger partial charge >= 0.3 is 0 Å². The van der Waals surface area contributed by atoms with Crippen LogP contribution in [-0.4, -0.2) is 9.97 Å². The third-order valence-corrected chi connectivity index (χ3v) is 9.24. The molecule has 2 aromatic heterocycles. The third-order valence-electron chi connectivity index (χ3n) is 9.24. The molecule has 0 amide bonds. The summed E-state index contributed by atoms with van der Waals surface area (Å²) >= 11 is 0. The Morgan fingerprint density at radius 3 is 1.91 bits per heavy atom. The van der Waals surface area contributed by atoms with E-state index in [9.17, 15) is 0 Å². The lowest BCUT2D eigenvalue weighted by Crippen LogP contribution is -1.96. The van der Waals surface area contributed by atoms with Gasteiger partial charge in [-0.3, -0.25) is 0 Å². The van der Waals surface area contributed by atoms with Crippen molar-refractivity contribution in [3.63, 3.8) is 0 Å². The van der Waals surface area contributed by atoms with Gasteiger partial charge in [-0.05, 0) is 62.6 Å². The van der Waals surface area contributed by atoms with Gasteiger partial charge in [-0.15, -0.1) is 0 Å². The van der Waals surface area contributed by atoms with Crippen molar-refractivity contribution in [1.82, 2.24) is 9.97 Å². The van der Waals surface area contributed by atoms with E-state index in [2.05, 4.69) is 127 Å². The van der Waals surface area contributed by atoms with Gasteiger partial charge < -0.3 is 4.42 Å². The van der Waals surface area contributed by atoms with E-state index in [-0.39, 0.29) is 0 Å². The molecule has 8 aromatic carbocycles. The van der Waals surface area contributed by atoms with Crippen LogP contribution in [0.2, 0.25) is 0 Å². The summed E-state index contributed by atoms with van der Waals surface area (Å²) < 4.78 is 6.33. The monoisotopic (exact) mass is 572 g/mol. The number of furan rings is 1. The molecule has 208 valence electrons. The van der Waals surface area contributed by atoms with Gasteiger partial charge in [-0.2, -0.15) is 0 Å². The van der Waals surface area contributed by atoms with Crippen LogP contribution in [0, 0.1) is 0 Å². The highest BCUT2D eigenvalue weighted by molar-refractivity contribution is 6.34. The van der Waals surface area contributed by atoms with Crippen LogP contribution in [0.4, 0.5) is 0 Å². The molecule has 0 saturated heterocycles. The molecule has 0 radical (unpaired) electrons. The second kappa shape index (κ2) is 9.22. The molecule has 0 N–H and O–H groups in total. The Morgan fingerprint density at radius 1 is 0.378 bits per heavy atom. The van der Waals surface area contributed by atoms with Gasteiger partial charge in [0.25, 0.3) is 0 Å². The molecule has 10 rings (SSSR count). The van der Waals surface area contributed by atoms with E-state index in [1.54, 1.807) is 0 Å². The Hall–Kier alpha value is -6.06. The van der Waals surface area contributed by atoms with Gasteiger partial charge in [0, 0.05) is 38.1 Å². The number of benzene rings is 8. The van der Waals surface area contributed by atoms with Crippen LogP contribution >= 0.6 is 0 Å². The van der Waals surface area contributed by atoms with Crippen molar-refractivity contribution < 1.29 is 4.42 Å². The summed E-state index contributed by atoms with van der Waals surface area (Å²) in [5, 5.41) is 12.9. The summed E-state index contributed by atoms with van der Waals surface area (Å²) in [5.74, 6) is 0.718. The summed E-state index contributed by atoms with van der Waals surface area (Å²) in [5.41, 5.74) is 5.78. The molecule has 2 heterocycles. The Labute approximate surface area is 258 Å². The van der Waals surface area contributed by atoms with Crippen LogP contribution in [0.25, 0.3) is 98.6 Å². The maximum Gasteiger partial charge on any atom is 0.160 e. The quantitative estimate of drug-likeness (QED) is 0.193. The molecule has 0 atom stereocenters. The minimum atomic E-state index is 0.718. The smallest absolute Gasteiger partial charge is 0.160 e.